The molecular weight excluding hydrogens is 284 g/mol. The van der Waals surface area contributed by atoms with E-state index in [2.05, 4.69) is 34.6 Å². The highest BCUT2D eigenvalue weighted by Gasteiger charge is 2.16. The lowest BCUT2D eigenvalue weighted by Gasteiger charge is -2.19. The molecular formula is C21H26O2. The van der Waals surface area contributed by atoms with Crippen molar-refractivity contribution in [3.63, 3.8) is 0 Å². The Morgan fingerprint density at radius 3 is 2.13 bits per heavy atom. The summed E-state index contributed by atoms with van der Waals surface area (Å²) < 4.78 is 5.66. The number of carbonyl (C=O) groups is 1. The van der Waals surface area contributed by atoms with Gasteiger partial charge in [-0.2, -0.15) is 0 Å². The van der Waals surface area contributed by atoms with Crippen molar-refractivity contribution in [2.24, 2.45) is 0 Å². The van der Waals surface area contributed by atoms with Crippen molar-refractivity contribution < 1.29 is 9.53 Å². The monoisotopic (exact) mass is 310 g/mol. The van der Waals surface area contributed by atoms with Gasteiger partial charge in [0.1, 0.15) is 5.75 Å². The van der Waals surface area contributed by atoms with E-state index in [4.69, 9.17) is 4.74 Å². The van der Waals surface area contributed by atoms with Crippen LogP contribution in [0.25, 0.3) is 0 Å². The SMILES string of the molecule is Cc1ccc(C(C)C)c(OC(=O)c2ccc(C(C)(C)C)cc2)c1. The van der Waals surface area contributed by atoms with Crippen molar-refractivity contribution in [3.05, 3.63) is 64.7 Å². The van der Waals surface area contributed by atoms with Gasteiger partial charge >= 0.3 is 5.97 Å². The zero-order chi connectivity index (χ0) is 17.2. The van der Waals surface area contributed by atoms with Crippen LogP contribution in [0.5, 0.6) is 5.75 Å². The first kappa shape index (κ1) is 17.3. The fraction of sp³-hybridized carbons (Fsp3) is 0.381. The van der Waals surface area contributed by atoms with Crippen LogP contribution >= 0.6 is 0 Å². The summed E-state index contributed by atoms with van der Waals surface area (Å²) in [6.45, 7) is 12.7. The molecule has 0 aliphatic rings. The minimum Gasteiger partial charge on any atom is -0.423 e. The van der Waals surface area contributed by atoms with Crippen LogP contribution in [-0.4, -0.2) is 5.97 Å². The highest BCUT2D eigenvalue weighted by Crippen LogP contribution is 2.28. The Morgan fingerprint density at radius 2 is 1.61 bits per heavy atom. The Morgan fingerprint density at radius 1 is 1.00 bits per heavy atom. The van der Waals surface area contributed by atoms with Crippen LogP contribution < -0.4 is 4.74 Å². The first-order valence-corrected chi connectivity index (χ1v) is 8.12. The second-order valence-electron chi connectivity index (χ2n) is 7.41. The molecule has 2 rings (SSSR count). The number of carbonyl (C=O) groups excluding carboxylic acids is 1. The molecule has 0 saturated heterocycles. The van der Waals surface area contributed by atoms with Gasteiger partial charge in [-0.15, -0.1) is 0 Å². The highest BCUT2D eigenvalue weighted by atomic mass is 16.5. The molecule has 0 bridgehead atoms. The zero-order valence-electron chi connectivity index (χ0n) is 14.9. The molecule has 0 saturated carbocycles. The van der Waals surface area contributed by atoms with Gasteiger partial charge in [-0.25, -0.2) is 4.79 Å². The molecule has 0 aliphatic heterocycles. The summed E-state index contributed by atoms with van der Waals surface area (Å²) in [5.41, 5.74) is 3.99. The molecule has 2 aromatic carbocycles. The van der Waals surface area contributed by atoms with Crippen molar-refractivity contribution in [1.29, 1.82) is 0 Å². The van der Waals surface area contributed by atoms with Gasteiger partial charge in [-0.3, -0.25) is 0 Å². The lowest BCUT2D eigenvalue weighted by Crippen LogP contribution is -2.13. The number of benzene rings is 2. The van der Waals surface area contributed by atoms with Gasteiger partial charge in [0, 0.05) is 0 Å². The summed E-state index contributed by atoms with van der Waals surface area (Å²) in [5, 5.41) is 0. The summed E-state index contributed by atoms with van der Waals surface area (Å²) >= 11 is 0. The number of hydrogen-bond acceptors (Lipinski definition) is 2. The topological polar surface area (TPSA) is 26.3 Å². The van der Waals surface area contributed by atoms with Gasteiger partial charge in [0.15, 0.2) is 0 Å². The van der Waals surface area contributed by atoms with Gasteiger partial charge in [-0.1, -0.05) is 58.9 Å². The summed E-state index contributed by atoms with van der Waals surface area (Å²) in [7, 11) is 0. The van der Waals surface area contributed by atoms with Crippen LogP contribution in [0.4, 0.5) is 0 Å². The Labute approximate surface area is 139 Å². The first-order chi connectivity index (χ1) is 10.7. The van der Waals surface area contributed by atoms with Gasteiger partial charge in [0.25, 0.3) is 0 Å². The minimum absolute atomic E-state index is 0.0732. The predicted octanol–water partition coefficient (Wildman–Crippen LogP) is 5.64. The number of ether oxygens (including phenoxy) is 1. The van der Waals surface area contributed by atoms with Crippen LogP contribution in [0.2, 0.25) is 0 Å². The van der Waals surface area contributed by atoms with Gasteiger partial charge in [0.2, 0.25) is 0 Å². The summed E-state index contributed by atoms with van der Waals surface area (Å²) in [6, 6.07) is 13.7. The fourth-order valence-electron chi connectivity index (χ4n) is 2.47. The zero-order valence-corrected chi connectivity index (χ0v) is 14.9. The van der Waals surface area contributed by atoms with E-state index in [0.29, 0.717) is 17.2 Å². The molecule has 0 spiro atoms. The van der Waals surface area contributed by atoms with Crippen LogP contribution in [0.3, 0.4) is 0 Å². The number of esters is 1. The fourth-order valence-corrected chi connectivity index (χ4v) is 2.47. The molecule has 0 radical (unpaired) electrons. The Kier molecular flexibility index (Phi) is 4.93. The van der Waals surface area contributed by atoms with Crippen LogP contribution in [0, 0.1) is 6.92 Å². The second kappa shape index (κ2) is 6.57. The summed E-state index contributed by atoms with van der Waals surface area (Å²) in [4.78, 5) is 12.4. The van der Waals surface area contributed by atoms with Crippen LogP contribution in [-0.2, 0) is 5.41 Å². The molecule has 122 valence electrons. The molecule has 0 aromatic heterocycles. The minimum atomic E-state index is -0.307. The van der Waals surface area contributed by atoms with Crippen molar-refractivity contribution in [3.8, 4) is 5.75 Å². The number of rotatable bonds is 3. The van der Waals surface area contributed by atoms with Crippen molar-refractivity contribution in [1.82, 2.24) is 0 Å². The Balaban J connectivity index is 2.24. The molecule has 0 N–H and O–H groups in total. The molecule has 0 heterocycles. The van der Waals surface area contributed by atoms with Crippen LogP contribution in [0.15, 0.2) is 42.5 Å². The van der Waals surface area contributed by atoms with Gasteiger partial charge in [-0.05, 0) is 53.1 Å². The third kappa shape index (κ3) is 4.22. The van der Waals surface area contributed by atoms with E-state index in [1.807, 2.05) is 49.4 Å². The van der Waals surface area contributed by atoms with Crippen molar-refractivity contribution >= 4 is 5.97 Å². The van der Waals surface area contributed by atoms with E-state index in [1.54, 1.807) is 0 Å². The average molecular weight is 310 g/mol. The lowest BCUT2D eigenvalue weighted by atomic mass is 9.87. The maximum atomic E-state index is 12.4. The highest BCUT2D eigenvalue weighted by molar-refractivity contribution is 5.91. The molecule has 0 aliphatic carbocycles. The van der Waals surface area contributed by atoms with E-state index >= 15 is 0 Å². The molecule has 0 fully saturated rings. The van der Waals surface area contributed by atoms with E-state index in [9.17, 15) is 4.79 Å². The summed E-state index contributed by atoms with van der Waals surface area (Å²) in [5.74, 6) is 0.657. The van der Waals surface area contributed by atoms with E-state index in [1.165, 1.54) is 5.56 Å². The number of aryl methyl sites for hydroxylation is 1. The maximum absolute atomic E-state index is 12.4. The Hall–Kier alpha value is -2.09. The first-order valence-electron chi connectivity index (χ1n) is 8.12. The quantitative estimate of drug-likeness (QED) is 0.542. The third-order valence-electron chi connectivity index (χ3n) is 3.98. The number of hydrogen-bond donors (Lipinski definition) is 0. The molecule has 0 amide bonds. The smallest absolute Gasteiger partial charge is 0.343 e. The van der Waals surface area contributed by atoms with Gasteiger partial charge in [0.05, 0.1) is 5.56 Å². The van der Waals surface area contributed by atoms with Crippen molar-refractivity contribution in [2.75, 3.05) is 0 Å². The predicted molar refractivity (Wildman–Crippen MR) is 95.4 cm³/mol. The van der Waals surface area contributed by atoms with Crippen LogP contribution in [0.1, 0.15) is 67.6 Å². The maximum Gasteiger partial charge on any atom is 0.343 e. The largest absolute Gasteiger partial charge is 0.423 e. The second-order valence-corrected chi connectivity index (χ2v) is 7.41. The molecule has 0 atom stereocenters. The third-order valence-corrected chi connectivity index (χ3v) is 3.98. The standard InChI is InChI=1S/C21H26O2/c1-14(2)18-12-7-15(3)13-19(18)23-20(22)16-8-10-17(11-9-16)21(4,5)6/h7-14H,1-6H3. The van der Waals surface area contributed by atoms with E-state index in [0.717, 1.165) is 11.1 Å². The molecule has 2 nitrogen and oxygen atoms in total. The molecule has 23 heavy (non-hydrogen) atoms. The van der Waals surface area contributed by atoms with E-state index < -0.39 is 0 Å². The molecule has 2 aromatic rings. The van der Waals surface area contributed by atoms with Gasteiger partial charge < -0.3 is 4.74 Å². The van der Waals surface area contributed by atoms with E-state index in [-0.39, 0.29) is 11.4 Å². The lowest BCUT2D eigenvalue weighted by molar-refractivity contribution is 0.0732. The normalized spacial score (nSPS) is 11.6. The summed E-state index contributed by atoms with van der Waals surface area (Å²) in [6.07, 6.45) is 0. The average Bonchev–Trinajstić information content (AvgIpc) is 2.46. The Bertz CT molecular complexity index is 689. The van der Waals surface area contributed by atoms with Crippen molar-refractivity contribution in [2.45, 2.75) is 52.9 Å². The molecule has 0 unspecified atom stereocenters. The molecule has 2 heteroatoms.